The Morgan fingerprint density at radius 3 is 2.75 bits per heavy atom. The lowest BCUT2D eigenvalue weighted by molar-refractivity contribution is -0.122. The number of carbonyl (C=O) groups excluding carboxylic acids is 2. The summed E-state index contributed by atoms with van der Waals surface area (Å²) in [5.74, 6) is 0.146. The Bertz CT molecular complexity index is 705. The molecule has 0 aliphatic carbocycles. The van der Waals surface area contributed by atoms with Crippen LogP contribution in [0.15, 0.2) is 6.07 Å². The number of hydrogen-bond donors (Lipinski definition) is 1. The standard InChI is InChI=1S/C15H20ClN5O3/c1-14(2,3)24-13(23)20-5-6-21-9-7-10(16)18-19-11(9)17-12(22)15(21,4)8-20/h7H,5-6,8H2,1-4H3,(H,17,19,22). The normalized spacial score (nSPS) is 23.3. The first-order valence-corrected chi connectivity index (χ1v) is 8.08. The van der Waals surface area contributed by atoms with Crippen LogP contribution in [0.1, 0.15) is 27.7 Å². The van der Waals surface area contributed by atoms with E-state index in [0.717, 1.165) is 0 Å². The monoisotopic (exact) mass is 353 g/mol. The molecule has 0 bridgehead atoms. The van der Waals surface area contributed by atoms with Crippen LogP contribution in [0.4, 0.5) is 16.3 Å². The first-order valence-electron chi connectivity index (χ1n) is 7.70. The summed E-state index contributed by atoms with van der Waals surface area (Å²) < 4.78 is 5.42. The summed E-state index contributed by atoms with van der Waals surface area (Å²) in [5, 5.41) is 10.7. The Morgan fingerprint density at radius 2 is 2.08 bits per heavy atom. The van der Waals surface area contributed by atoms with Crippen molar-refractivity contribution in [2.75, 3.05) is 29.9 Å². The molecule has 2 aliphatic rings. The van der Waals surface area contributed by atoms with Gasteiger partial charge < -0.3 is 19.9 Å². The molecule has 0 saturated carbocycles. The molecule has 3 heterocycles. The van der Waals surface area contributed by atoms with Crippen molar-refractivity contribution in [1.29, 1.82) is 0 Å². The number of anilines is 2. The molecule has 24 heavy (non-hydrogen) atoms. The van der Waals surface area contributed by atoms with Gasteiger partial charge in [-0.2, -0.15) is 0 Å². The number of rotatable bonds is 0. The lowest BCUT2D eigenvalue weighted by Crippen LogP contribution is -2.69. The molecule has 1 aromatic rings. The number of piperazine rings is 1. The number of nitrogens with one attached hydrogen (secondary N) is 1. The van der Waals surface area contributed by atoms with E-state index in [4.69, 9.17) is 16.3 Å². The lowest BCUT2D eigenvalue weighted by Gasteiger charge is -2.50. The summed E-state index contributed by atoms with van der Waals surface area (Å²) in [7, 11) is 0. The van der Waals surface area contributed by atoms with Crippen molar-refractivity contribution in [3.05, 3.63) is 11.2 Å². The van der Waals surface area contributed by atoms with Gasteiger partial charge in [0.05, 0.1) is 12.2 Å². The van der Waals surface area contributed by atoms with Gasteiger partial charge in [0.15, 0.2) is 11.0 Å². The number of fused-ring (bicyclic) bond motifs is 3. The number of hydrogen-bond acceptors (Lipinski definition) is 6. The highest BCUT2D eigenvalue weighted by molar-refractivity contribution is 6.29. The molecule has 9 heteroatoms. The zero-order valence-electron chi connectivity index (χ0n) is 14.1. The summed E-state index contributed by atoms with van der Waals surface area (Å²) in [5.41, 5.74) is -0.797. The molecule has 1 N–H and O–H groups in total. The molecule has 1 saturated heterocycles. The second-order valence-corrected chi connectivity index (χ2v) is 7.57. The quantitative estimate of drug-likeness (QED) is 0.766. The zero-order chi connectivity index (χ0) is 17.7. The van der Waals surface area contributed by atoms with Crippen LogP contribution in [0, 0.1) is 0 Å². The van der Waals surface area contributed by atoms with Crippen LogP contribution >= 0.6 is 11.6 Å². The molecular formula is C15H20ClN5O3. The minimum Gasteiger partial charge on any atom is -0.444 e. The Kier molecular flexibility index (Phi) is 3.82. The van der Waals surface area contributed by atoms with Gasteiger partial charge >= 0.3 is 6.09 Å². The van der Waals surface area contributed by atoms with Crippen molar-refractivity contribution < 1.29 is 14.3 Å². The first kappa shape index (κ1) is 16.8. The van der Waals surface area contributed by atoms with Crippen molar-refractivity contribution in [3.8, 4) is 0 Å². The van der Waals surface area contributed by atoms with Crippen LogP contribution in [0.2, 0.25) is 5.15 Å². The summed E-state index contributed by atoms with van der Waals surface area (Å²) >= 11 is 5.94. The van der Waals surface area contributed by atoms with Gasteiger partial charge in [-0.1, -0.05) is 11.6 Å². The van der Waals surface area contributed by atoms with Crippen LogP contribution in [-0.4, -0.2) is 57.9 Å². The highest BCUT2D eigenvalue weighted by atomic mass is 35.5. The molecule has 1 fully saturated rings. The van der Waals surface area contributed by atoms with Crippen molar-refractivity contribution in [3.63, 3.8) is 0 Å². The van der Waals surface area contributed by atoms with E-state index in [2.05, 4.69) is 15.5 Å². The summed E-state index contributed by atoms with van der Waals surface area (Å²) in [6.45, 7) is 8.35. The second kappa shape index (κ2) is 5.47. The molecule has 8 nitrogen and oxygen atoms in total. The summed E-state index contributed by atoms with van der Waals surface area (Å²) in [6, 6.07) is 1.67. The van der Waals surface area contributed by atoms with E-state index in [1.807, 2.05) is 25.7 Å². The van der Waals surface area contributed by atoms with Gasteiger partial charge in [0, 0.05) is 19.2 Å². The van der Waals surface area contributed by atoms with Gasteiger partial charge in [-0.05, 0) is 27.7 Å². The second-order valence-electron chi connectivity index (χ2n) is 7.18. The molecular weight excluding hydrogens is 334 g/mol. The van der Waals surface area contributed by atoms with Crippen molar-refractivity contribution >= 4 is 35.1 Å². The molecule has 1 unspecified atom stereocenters. The smallest absolute Gasteiger partial charge is 0.410 e. The molecule has 130 valence electrons. The van der Waals surface area contributed by atoms with Crippen molar-refractivity contribution in [1.82, 2.24) is 15.1 Å². The fourth-order valence-corrected chi connectivity index (χ4v) is 3.10. The summed E-state index contributed by atoms with van der Waals surface area (Å²) in [6.07, 6.45) is -0.423. The number of aromatic nitrogens is 2. The Labute approximate surface area is 145 Å². The van der Waals surface area contributed by atoms with Gasteiger partial charge in [0.1, 0.15) is 11.1 Å². The van der Waals surface area contributed by atoms with Gasteiger partial charge in [0.25, 0.3) is 5.91 Å². The van der Waals surface area contributed by atoms with Gasteiger partial charge in [0.2, 0.25) is 0 Å². The van der Waals surface area contributed by atoms with Crippen LogP contribution in [0.25, 0.3) is 0 Å². The third-order valence-corrected chi connectivity index (χ3v) is 4.28. The minimum atomic E-state index is -0.922. The largest absolute Gasteiger partial charge is 0.444 e. The van der Waals surface area contributed by atoms with Crippen molar-refractivity contribution in [2.45, 2.75) is 38.8 Å². The van der Waals surface area contributed by atoms with E-state index in [1.165, 1.54) is 0 Å². The average Bonchev–Trinajstić information content (AvgIpc) is 2.46. The Morgan fingerprint density at radius 1 is 1.38 bits per heavy atom. The van der Waals surface area contributed by atoms with Gasteiger partial charge in [-0.3, -0.25) is 4.79 Å². The molecule has 0 spiro atoms. The fraction of sp³-hybridized carbons (Fsp3) is 0.600. The van der Waals surface area contributed by atoms with E-state index in [-0.39, 0.29) is 17.6 Å². The minimum absolute atomic E-state index is 0.215. The third-order valence-electron chi connectivity index (χ3n) is 4.10. The topological polar surface area (TPSA) is 87.7 Å². The maximum absolute atomic E-state index is 12.6. The van der Waals surface area contributed by atoms with E-state index in [9.17, 15) is 9.59 Å². The first-order chi connectivity index (χ1) is 11.1. The van der Waals surface area contributed by atoms with Crippen LogP contribution < -0.4 is 10.2 Å². The molecule has 1 aromatic heterocycles. The maximum atomic E-state index is 12.6. The molecule has 0 aromatic carbocycles. The van der Waals surface area contributed by atoms with E-state index >= 15 is 0 Å². The van der Waals surface area contributed by atoms with Crippen LogP contribution in [0.5, 0.6) is 0 Å². The number of ether oxygens (including phenoxy) is 1. The van der Waals surface area contributed by atoms with Gasteiger partial charge in [-0.15, -0.1) is 10.2 Å². The number of halogens is 1. The SMILES string of the molecule is CC(C)(C)OC(=O)N1CCN2c3cc(Cl)nnc3NC(=O)C2(C)C1. The van der Waals surface area contributed by atoms with E-state index in [0.29, 0.717) is 24.6 Å². The van der Waals surface area contributed by atoms with Gasteiger partial charge in [-0.25, -0.2) is 4.79 Å². The van der Waals surface area contributed by atoms with E-state index < -0.39 is 17.2 Å². The zero-order valence-corrected chi connectivity index (χ0v) is 14.8. The third kappa shape index (κ3) is 2.86. The highest BCUT2D eigenvalue weighted by Gasteiger charge is 2.49. The van der Waals surface area contributed by atoms with Crippen molar-refractivity contribution in [2.24, 2.45) is 0 Å². The number of amides is 2. The van der Waals surface area contributed by atoms with E-state index in [1.54, 1.807) is 17.9 Å². The predicted molar refractivity (Wildman–Crippen MR) is 89.2 cm³/mol. The molecule has 3 rings (SSSR count). The fourth-order valence-electron chi connectivity index (χ4n) is 2.96. The lowest BCUT2D eigenvalue weighted by atomic mass is 9.92. The molecule has 0 radical (unpaired) electrons. The van der Waals surface area contributed by atoms with Crippen LogP contribution in [-0.2, 0) is 9.53 Å². The molecule has 1 atom stereocenters. The molecule has 2 aliphatic heterocycles. The average molecular weight is 354 g/mol. The van der Waals surface area contributed by atoms with Crippen LogP contribution in [0.3, 0.4) is 0 Å². The Hall–Kier alpha value is -2.09. The molecule has 2 amide bonds. The number of nitrogens with zero attached hydrogens (tertiary/aromatic N) is 4. The Balaban J connectivity index is 1.88. The number of carbonyl (C=O) groups is 2. The highest BCUT2D eigenvalue weighted by Crippen LogP contribution is 2.38. The summed E-state index contributed by atoms with van der Waals surface area (Å²) in [4.78, 5) is 28.4. The maximum Gasteiger partial charge on any atom is 0.410 e. The predicted octanol–water partition coefficient (Wildman–Crippen LogP) is 1.90.